The van der Waals surface area contributed by atoms with E-state index in [4.69, 9.17) is 5.73 Å². The maximum Gasteiger partial charge on any atom is 0.135 e. The Labute approximate surface area is 110 Å². The first-order chi connectivity index (χ1) is 8.85. The number of aromatic nitrogens is 3. The molecule has 0 atom stereocenters. The summed E-state index contributed by atoms with van der Waals surface area (Å²) in [6.07, 6.45) is 10.7. The fraction of sp³-hybridized carbons (Fsp3) is 0.857. The largest absolute Gasteiger partial charge is 0.330 e. The van der Waals surface area contributed by atoms with Crippen LogP contribution in [0.25, 0.3) is 0 Å². The highest BCUT2D eigenvalue weighted by atomic mass is 15.3. The van der Waals surface area contributed by atoms with Gasteiger partial charge in [-0.1, -0.05) is 19.8 Å². The molecule has 1 aliphatic carbocycles. The number of aryl methyl sites for hydroxylation is 1. The molecule has 0 saturated heterocycles. The molecule has 1 fully saturated rings. The van der Waals surface area contributed by atoms with Crippen LogP contribution in [-0.4, -0.2) is 21.3 Å². The Morgan fingerprint density at radius 1 is 1.28 bits per heavy atom. The Hall–Kier alpha value is -0.900. The fourth-order valence-corrected chi connectivity index (χ4v) is 2.94. The van der Waals surface area contributed by atoms with Crippen LogP contribution in [0, 0.1) is 5.92 Å². The van der Waals surface area contributed by atoms with E-state index in [0.717, 1.165) is 19.0 Å². The van der Waals surface area contributed by atoms with Crippen LogP contribution in [-0.2, 0) is 6.54 Å². The second-order valence-electron chi connectivity index (χ2n) is 5.54. The molecule has 0 amide bonds. The molecule has 102 valence electrons. The first-order valence-corrected chi connectivity index (χ1v) is 7.43. The van der Waals surface area contributed by atoms with Crippen molar-refractivity contribution < 1.29 is 0 Å². The number of unbranched alkanes of at least 4 members (excludes halogenated alkanes) is 2. The molecule has 4 nitrogen and oxygen atoms in total. The minimum Gasteiger partial charge on any atom is -0.330 e. The Morgan fingerprint density at radius 3 is 2.72 bits per heavy atom. The third-order valence-corrected chi connectivity index (χ3v) is 4.19. The predicted molar refractivity (Wildman–Crippen MR) is 73.3 cm³/mol. The molecule has 1 aliphatic rings. The van der Waals surface area contributed by atoms with E-state index in [1.54, 1.807) is 0 Å². The lowest BCUT2D eigenvalue weighted by Crippen LogP contribution is -2.22. The summed E-state index contributed by atoms with van der Waals surface area (Å²) >= 11 is 0. The van der Waals surface area contributed by atoms with E-state index < -0.39 is 0 Å². The zero-order valence-electron chi connectivity index (χ0n) is 11.5. The molecule has 1 aromatic heterocycles. The summed E-state index contributed by atoms with van der Waals surface area (Å²) < 4.78 is 2.27. The van der Waals surface area contributed by atoms with E-state index in [1.807, 2.05) is 6.33 Å². The van der Waals surface area contributed by atoms with Crippen molar-refractivity contribution in [2.24, 2.45) is 11.7 Å². The minimum absolute atomic E-state index is 0.608. The van der Waals surface area contributed by atoms with Crippen LogP contribution in [0.2, 0.25) is 0 Å². The second-order valence-corrected chi connectivity index (χ2v) is 5.54. The Kier molecular flexibility index (Phi) is 5.17. The Balaban J connectivity index is 1.90. The van der Waals surface area contributed by atoms with E-state index in [2.05, 4.69) is 21.7 Å². The molecule has 0 bridgehead atoms. The van der Waals surface area contributed by atoms with E-state index in [9.17, 15) is 0 Å². The van der Waals surface area contributed by atoms with Crippen LogP contribution in [0.1, 0.15) is 63.6 Å². The highest BCUT2D eigenvalue weighted by molar-refractivity contribution is 4.98. The van der Waals surface area contributed by atoms with Gasteiger partial charge in [-0.05, 0) is 44.6 Å². The van der Waals surface area contributed by atoms with Crippen molar-refractivity contribution in [2.45, 2.75) is 64.3 Å². The number of rotatable bonds is 6. The second kappa shape index (κ2) is 6.88. The van der Waals surface area contributed by atoms with Gasteiger partial charge in [0.2, 0.25) is 0 Å². The van der Waals surface area contributed by atoms with Gasteiger partial charge in [-0.3, -0.25) is 0 Å². The van der Waals surface area contributed by atoms with E-state index in [1.165, 1.54) is 50.8 Å². The van der Waals surface area contributed by atoms with Crippen LogP contribution < -0.4 is 5.73 Å². The number of hydrogen-bond acceptors (Lipinski definition) is 3. The molecule has 1 heterocycles. The molecule has 2 rings (SSSR count). The van der Waals surface area contributed by atoms with Crippen molar-refractivity contribution in [1.82, 2.24) is 14.8 Å². The summed E-state index contributed by atoms with van der Waals surface area (Å²) in [5.41, 5.74) is 5.75. The van der Waals surface area contributed by atoms with Gasteiger partial charge in [-0.25, -0.2) is 0 Å². The zero-order valence-corrected chi connectivity index (χ0v) is 11.5. The van der Waals surface area contributed by atoms with E-state index in [0.29, 0.717) is 5.92 Å². The van der Waals surface area contributed by atoms with E-state index in [-0.39, 0.29) is 0 Å². The highest BCUT2D eigenvalue weighted by Crippen LogP contribution is 2.34. The first kappa shape index (κ1) is 13.5. The molecule has 4 heteroatoms. The number of nitrogens with zero attached hydrogens (tertiary/aromatic N) is 3. The van der Waals surface area contributed by atoms with Crippen molar-refractivity contribution in [2.75, 3.05) is 6.54 Å². The summed E-state index contributed by atoms with van der Waals surface area (Å²) in [5.74, 6) is 2.55. The molecule has 18 heavy (non-hydrogen) atoms. The standard InChI is InChI=1S/C14H26N4/c1-2-3-4-9-18-11-16-17-14(18)13-7-5-12(10-15)6-8-13/h11-13H,2-10,15H2,1H3. The average molecular weight is 250 g/mol. The van der Waals surface area contributed by atoms with Gasteiger partial charge in [0.15, 0.2) is 0 Å². The Bertz CT molecular complexity index is 339. The van der Waals surface area contributed by atoms with Gasteiger partial charge in [0.05, 0.1) is 0 Å². The van der Waals surface area contributed by atoms with Gasteiger partial charge in [-0.2, -0.15) is 0 Å². The SMILES string of the molecule is CCCCCn1cnnc1C1CCC(CN)CC1. The predicted octanol–water partition coefficient (Wildman–Crippen LogP) is 2.70. The molecule has 0 aliphatic heterocycles. The van der Waals surface area contributed by atoms with Gasteiger partial charge in [-0.15, -0.1) is 10.2 Å². The lowest BCUT2D eigenvalue weighted by atomic mass is 9.81. The van der Waals surface area contributed by atoms with E-state index >= 15 is 0 Å². The summed E-state index contributed by atoms with van der Waals surface area (Å²) in [7, 11) is 0. The third kappa shape index (κ3) is 3.31. The lowest BCUT2D eigenvalue weighted by molar-refractivity contribution is 0.319. The minimum atomic E-state index is 0.608. The van der Waals surface area contributed by atoms with Crippen molar-refractivity contribution in [3.63, 3.8) is 0 Å². The summed E-state index contributed by atoms with van der Waals surface area (Å²) in [5, 5.41) is 8.45. The van der Waals surface area contributed by atoms with Crippen LogP contribution in [0.4, 0.5) is 0 Å². The van der Waals surface area contributed by atoms with Crippen molar-refractivity contribution in [1.29, 1.82) is 0 Å². The monoisotopic (exact) mass is 250 g/mol. The van der Waals surface area contributed by atoms with Crippen LogP contribution in [0.15, 0.2) is 6.33 Å². The van der Waals surface area contributed by atoms with Gasteiger partial charge in [0.1, 0.15) is 12.2 Å². The molecule has 1 saturated carbocycles. The number of nitrogens with two attached hydrogens (primary N) is 1. The first-order valence-electron chi connectivity index (χ1n) is 7.43. The molecule has 1 aromatic rings. The summed E-state index contributed by atoms with van der Waals surface area (Å²) in [6, 6.07) is 0. The maximum atomic E-state index is 5.75. The summed E-state index contributed by atoms with van der Waals surface area (Å²) in [4.78, 5) is 0. The van der Waals surface area contributed by atoms with Gasteiger partial charge in [0.25, 0.3) is 0 Å². The highest BCUT2D eigenvalue weighted by Gasteiger charge is 2.24. The third-order valence-electron chi connectivity index (χ3n) is 4.19. The topological polar surface area (TPSA) is 56.7 Å². The van der Waals surface area contributed by atoms with Gasteiger partial charge in [0, 0.05) is 12.5 Å². The van der Waals surface area contributed by atoms with Crippen LogP contribution in [0.5, 0.6) is 0 Å². The van der Waals surface area contributed by atoms with Crippen LogP contribution in [0.3, 0.4) is 0 Å². The average Bonchev–Trinajstić information content (AvgIpc) is 2.88. The molecule has 0 unspecified atom stereocenters. The number of hydrogen-bond donors (Lipinski definition) is 1. The van der Waals surface area contributed by atoms with Crippen molar-refractivity contribution >= 4 is 0 Å². The lowest BCUT2D eigenvalue weighted by Gasteiger charge is -2.27. The van der Waals surface area contributed by atoms with Gasteiger partial charge >= 0.3 is 0 Å². The molecule has 0 spiro atoms. The quantitative estimate of drug-likeness (QED) is 0.790. The van der Waals surface area contributed by atoms with Crippen LogP contribution >= 0.6 is 0 Å². The maximum absolute atomic E-state index is 5.75. The fourth-order valence-electron chi connectivity index (χ4n) is 2.94. The molecule has 0 aromatic carbocycles. The molecule has 0 radical (unpaired) electrons. The molecule has 2 N–H and O–H groups in total. The Morgan fingerprint density at radius 2 is 2.06 bits per heavy atom. The van der Waals surface area contributed by atoms with Crippen molar-refractivity contribution in [3.8, 4) is 0 Å². The van der Waals surface area contributed by atoms with Gasteiger partial charge < -0.3 is 10.3 Å². The van der Waals surface area contributed by atoms with Crippen molar-refractivity contribution in [3.05, 3.63) is 12.2 Å². The zero-order chi connectivity index (χ0) is 12.8. The molecular weight excluding hydrogens is 224 g/mol. The molecular formula is C14H26N4. The normalized spacial score (nSPS) is 24.3. The summed E-state index contributed by atoms with van der Waals surface area (Å²) in [6.45, 7) is 4.16. The smallest absolute Gasteiger partial charge is 0.135 e.